The van der Waals surface area contributed by atoms with E-state index in [9.17, 15) is 8.78 Å². The molecule has 13 rings (SSSR count). The molecule has 0 fully saturated rings. The lowest BCUT2D eigenvalue weighted by Gasteiger charge is -2.15. The molecule has 0 spiro atoms. The third kappa shape index (κ3) is 5.52. The van der Waals surface area contributed by atoms with Crippen LogP contribution in [-0.2, 0) is 0 Å². The SMILES string of the molecule is Fc1cccc(-c2cc3cc4c(cc(-c5cccc(F)c5)n4-c4ccc(-n5c6ccccc6c6ccccc65)cc4)cc3n2-c2ccc(-n3c4ccccc4c4ccccc43)cc2)c1. The molecule has 4 heterocycles. The Bertz CT molecular complexity index is 3610. The molecule has 4 nitrogen and oxygen atoms in total. The summed E-state index contributed by atoms with van der Waals surface area (Å²) in [5.41, 5.74) is 13.8. The first-order valence-corrected chi connectivity index (χ1v) is 21.5. The van der Waals surface area contributed by atoms with Crippen LogP contribution in [-0.4, -0.2) is 18.3 Å². The molecule has 0 N–H and O–H groups in total. The van der Waals surface area contributed by atoms with Gasteiger partial charge in [-0.2, -0.15) is 0 Å². The summed E-state index contributed by atoms with van der Waals surface area (Å²) in [6, 6.07) is 73.6. The van der Waals surface area contributed by atoms with Gasteiger partial charge in [0.15, 0.2) is 0 Å². The van der Waals surface area contributed by atoms with Crippen LogP contribution in [0.15, 0.2) is 218 Å². The van der Waals surface area contributed by atoms with Crippen molar-refractivity contribution < 1.29 is 8.78 Å². The number of para-hydroxylation sites is 4. The zero-order valence-electron chi connectivity index (χ0n) is 34.3. The minimum Gasteiger partial charge on any atom is -0.309 e. The van der Waals surface area contributed by atoms with E-state index in [0.29, 0.717) is 0 Å². The zero-order valence-corrected chi connectivity index (χ0v) is 34.3. The molecule has 9 aromatic carbocycles. The number of hydrogen-bond donors (Lipinski definition) is 0. The van der Waals surface area contributed by atoms with Gasteiger partial charge in [0, 0.05) is 66.2 Å². The second-order valence-electron chi connectivity index (χ2n) is 16.5. The van der Waals surface area contributed by atoms with Crippen molar-refractivity contribution in [3.63, 3.8) is 0 Å². The highest BCUT2D eigenvalue weighted by atomic mass is 19.1. The molecule has 0 amide bonds. The van der Waals surface area contributed by atoms with Gasteiger partial charge in [0.25, 0.3) is 0 Å². The number of aromatic nitrogens is 4. The number of hydrogen-bond acceptors (Lipinski definition) is 0. The molecule has 0 aliphatic heterocycles. The van der Waals surface area contributed by atoms with Gasteiger partial charge in [-0.25, -0.2) is 8.78 Å². The lowest BCUT2D eigenvalue weighted by molar-refractivity contribution is 0.628. The van der Waals surface area contributed by atoms with Gasteiger partial charge in [-0.3, -0.25) is 0 Å². The first kappa shape index (κ1) is 36.2. The predicted octanol–water partition coefficient (Wildman–Crippen LogP) is 15.4. The summed E-state index contributed by atoms with van der Waals surface area (Å²) in [6.45, 7) is 0. The van der Waals surface area contributed by atoms with E-state index in [2.05, 4.69) is 188 Å². The maximum absolute atomic E-state index is 15.0. The molecule has 0 radical (unpaired) electrons. The molecule has 0 aliphatic rings. The molecule has 6 heteroatoms. The van der Waals surface area contributed by atoms with E-state index in [1.54, 1.807) is 24.3 Å². The van der Waals surface area contributed by atoms with Crippen LogP contribution >= 0.6 is 0 Å². The van der Waals surface area contributed by atoms with Crippen molar-refractivity contribution in [2.45, 2.75) is 0 Å². The average molecular weight is 827 g/mol. The van der Waals surface area contributed by atoms with E-state index in [4.69, 9.17) is 0 Å². The van der Waals surface area contributed by atoms with Crippen LogP contribution in [0.5, 0.6) is 0 Å². The van der Waals surface area contributed by atoms with E-state index in [1.165, 1.54) is 33.7 Å². The van der Waals surface area contributed by atoms with Crippen LogP contribution in [0.4, 0.5) is 8.78 Å². The fraction of sp³-hybridized carbons (Fsp3) is 0. The van der Waals surface area contributed by atoms with Crippen LogP contribution in [0.2, 0.25) is 0 Å². The summed E-state index contributed by atoms with van der Waals surface area (Å²) in [4.78, 5) is 0. The molecule has 64 heavy (non-hydrogen) atoms. The zero-order chi connectivity index (χ0) is 42.5. The van der Waals surface area contributed by atoms with E-state index in [0.717, 1.165) is 89.1 Å². The molecule has 302 valence electrons. The number of halogens is 2. The molecule has 0 saturated carbocycles. The molecular formula is C58H36F2N4. The Morgan fingerprint density at radius 3 is 0.891 bits per heavy atom. The summed E-state index contributed by atoms with van der Waals surface area (Å²) >= 11 is 0. The second-order valence-corrected chi connectivity index (χ2v) is 16.5. The lowest BCUT2D eigenvalue weighted by Crippen LogP contribution is -2.00. The van der Waals surface area contributed by atoms with Crippen LogP contribution in [0.1, 0.15) is 0 Å². The van der Waals surface area contributed by atoms with Gasteiger partial charge in [0.05, 0.1) is 44.5 Å². The van der Waals surface area contributed by atoms with Crippen LogP contribution in [0, 0.1) is 11.6 Å². The van der Waals surface area contributed by atoms with E-state index in [-0.39, 0.29) is 11.6 Å². The first-order valence-electron chi connectivity index (χ1n) is 21.5. The summed E-state index contributed by atoms with van der Waals surface area (Å²) < 4.78 is 39.0. The Morgan fingerprint density at radius 2 is 0.562 bits per heavy atom. The Morgan fingerprint density at radius 1 is 0.250 bits per heavy atom. The Balaban J connectivity index is 1.00. The summed E-state index contributed by atoms with van der Waals surface area (Å²) in [6.07, 6.45) is 0. The maximum Gasteiger partial charge on any atom is 0.123 e. The third-order valence-electron chi connectivity index (χ3n) is 12.9. The Kier molecular flexibility index (Phi) is 7.93. The smallest absolute Gasteiger partial charge is 0.123 e. The minimum absolute atomic E-state index is 0.295. The standard InChI is InChI=1S/C58H36F2N4/c59-41-13-9-11-37(31-41)55-33-39-36-58-40(35-57(39)63(55)45-27-23-43(24-28-45)61-51-19-5-1-15-47(51)48-16-2-6-20-52(48)61)34-56(38-12-10-14-42(60)32-38)64(58)46-29-25-44(26-30-46)62-53-21-7-3-17-49(53)50-18-4-8-22-54(50)62/h1-36H. The molecule has 0 aliphatic carbocycles. The van der Waals surface area contributed by atoms with Gasteiger partial charge in [0.2, 0.25) is 0 Å². The van der Waals surface area contributed by atoms with E-state index in [1.807, 2.05) is 12.1 Å². The Labute approximate surface area is 366 Å². The molecule has 0 unspecified atom stereocenters. The van der Waals surface area contributed by atoms with Crippen molar-refractivity contribution >= 4 is 65.4 Å². The maximum atomic E-state index is 15.0. The van der Waals surface area contributed by atoms with Crippen molar-refractivity contribution in [3.05, 3.63) is 230 Å². The molecule has 0 saturated heterocycles. The van der Waals surface area contributed by atoms with Gasteiger partial charge in [-0.1, -0.05) is 97.1 Å². The first-order chi connectivity index (χ1) is 31.6. The molecule has 0 bridgehead atoms. The normalized spacial score (nSPS) is 11.9. The average Bonchev–Trinajstić information content (AvgIpc) is 4.09. The summed E-state index contributed by atoms with van der Waals surface area (Å²) in [7, 11) is 0. The molecule has 4 aromatic heterocycles. The van der Waals surface area contributed by atoms with Gasteiger partial charge < -0.3 is 18.3 Å². The summed E-state index contributed by atoms with van der Waals surface area (Å²) in [5, 5.41) is 6.81. The van der Waals surface area contributed by atoms with Gasteiger partial charge >= 0.3 is 0 Å². The predicted molar refractivity (Wildman–Crippen MR) is 260 cm³/mol. The molecule has 0 atom stereocenters. The molecule has 13 aromatic rings. The Hall–Kier alpha value is -8.48. The third-order valence-corrected chi connectivity index (χ3v) is 12.9. The van der Waals surface area contributed by atoms with Crippen LogP contribution < -0.4 is 0 Å². The number of nitrogens with zero attached hydrogens (tertiary/aromatic N) is 4. The number of rotatable bonds is 6. The molecular weight excluding hydrogens is 791 g/mol. The van der Waals surface area contributed by atoms with Crippen molar-refractivity contribution in [2.75, 3.05) is 0 Å². The van der Waals surface area contributed by atoms with Crippen LogP contribution in [0.25, 0.3) is 111 Å². The highest BCUT2D eigenvalue weighted by Crippen LogP contribution is 2.40. The topological polar surface area (TPSA) is 19.7 Å². The largest absolute Gasteiger partial charge is 0.309 e. The number of benzene rings is 9. The van der Waals surface area contributed by atoms with Gasteiger partial charge in [0.1, 0.15) is 11.6 Å². The fourth-order valence-electron chi connectivity index (χ4n) is 10.1. The highest BCUT2D eigenvalue weighted by molar-refractivity contribution is 6.10. The fourth-order valence-corrected chi connectivity index (χ4v) is 10.1. The number of fused-ring (bicyclic) bond motifs is 8. The highest BCUT2D eigenvalue weighted by Gasteiger charge is 2.20. The quantitative estimate of drug-likeness (QED) is 0.159. The second kappa shape index (κ2) is 14.0. The minimum atomic E-state index is -0.295. The van der Waals surface area contributed by atoms with Crippen molar-refractivity contribution in [2.24, 2.45) is 0 Å². The van der Waals surface area contributed by atoms with Crippen molar-refractivity contribution in [3.8, 4) is 45.3 Å². The monoisotopic (exact) mass is 826 g/mol. The van der Waals surface area contributed by atoms with Crippen LogP contribution in [0.3, 0.4) is 0 Å². The van der Waals surface area contributed by atoms with Crippen molar-refractivity contribution in [1.29, 1.82) is 0 Å². The van der Waals surface area contributed by atoms with E-state index >= 15 is 0 Å². The van der Waals surface area contributed by atoms with Gasteiger partial charge in [-0.15, -0.1) is 0 Å². The lowest BCUT2D eigenvalue weighted by atomic mass is 10.1. The summed E-state index contributed by atoms with van der Waals surface area (Å²) in [5.74, 6) is -0.589. The van der Waals surface area contributed by atoms with E-state index < -0.39 is 0 Å². The van der Waals surface area contributed by atoms with Crippen molar-refractivity contribution in [1.82, 2.24) is 18.3 Å². The van der Waals surface area contributed by atoms with Gasteiger partial charge in [-0.05, 0) is 121 Å².